The smallest absolute Gasteiger partial charge is 0.275 e. The number of methoxy groups -OCH3 is 1. The van der Waals surface area contributed by atoms with Crippen molar-refractivity contribution in [2.75, 3.05) is 106 Å². The Morgan fingerprint density at radius 3 is 1.96 bits per heavy atom. The van der Waals surface area contributed by atoms with Crippen LogP contribution in [0.25, 0.3) is 16.4 Å². The van der Waals surface area contributed by atoms with Crippen molar-refractivity contribution in [3.05, 3.63) is 125 Å². The van der Waals surface area contributed by atoms with Gasteiger partial charge in [-0.25, -0.2) is 14.6 Å². The van der Waals surface area contributed by atoms with Gasteiger partial charge in [0.15, 0.2) is 0 Å². The molecule has 0 radical (unpaired) electrons. The maximum absolute atomic E-state index is 12.9. The van der Waals surface area contributed by atoms with Gasteiger partial charge in [0.25, 0.3) is 11.8 Å². The van der Waals surface area contributed by atoms with E-state index in [-0.39, 0.29) is 11.8 Å². The van der Waals surface area contributed by atoms with E-state index < -0.39 is 0 Å². The first kappa shape index (κ1) is 47.7. The van der Waals surface area contributed by atoms with Crippen molar-refractivity contribution in [3.8, 4) is 22.1 Å². The Labute approximate surface area is 407 Å². The average Bonchev–Trinajstić information content (AvgIpc) is 4.19. The lowest BCUT2D eigenvalue weighted by Crippen LogP contribution is -2.43. The van der Waals surface area contributed by atoms with Crippen LogP contribution in [-0.4, -0.2) is 132 Å². The molecule has 2 amide bonds. The Bertz CT molecular complexity index is 2770. The molecule has 18 nitrogen and oxygen atoms in total. The first-order chi connectivity index (χ1) is 33.2. The number of carbonyl (C=O) groups is 2. The van der Waals surface area contributed by atoms with E-state index in [2.05, 4.69) is 73.6 Å². The average molecular weight is 972 g/mol. The highest BCUT2D eigenvalue weighted by Crippen LogP contribution is 2.29. The Balaban J connectivity index is 0.000000184. The molecular weight excluding hydrogens is 919 g/mol. The summed E-state index contributed by atoms with van der Waals surface area (Å²) in [6.07, 6.45) is 9.21. The van der Waals surface area contributed by atoms with E-state index in [0.717, 1.165) is 80.9 Å². The molecule has 0 aliphatic carbocycles. The number of piperazine rings is 2. The summed E-state index contributed by atoms with van der Waals surface area (Å²) in [5.41, 5.74) is 6.97. The molecule has 0 bridgehead atoms. The largest absolute Gasteiger partial charge is 0.497 e. The molecule has 0 spiro atoms. The first-order valence-electron chi connectivity index (χ1n) is 22.0. The number of anilines is 5. The number of amides is 2. The van der Waals surface area contributed by atoms with E-state index in [0.29, 0.717) is 57.1 Å². The first-order valence-corrected chi connectivity index (χ1v) is 24.5. The third-order valence-electron chi connectivity index (χ3n) is 10.7. The fraction of sp³-hybridized carbons (Fsp3) is 0.277. The molecule has 68 heavy (non-hydrogen) atoms. The molecule has 7 aromatic rings. The normalized spacial score (nSPS) is 13.6. The van der Waals surface area contributed by atoms with Gasteiger partial charge in [-0.15, -0.1) is 22.7 Å². The minimum atomic E-state index is -0.293. The van der Waals surface area contributed by atoms with E-state index in [1.807, 2.05) is 79.2 Å². The molecule has 2 saturated heterocycles. The molecule has 5 aromatic heterocycles. The lowest BCUT2D eigenvalue weighted by Gasteiger charge is -2.30. The lowest BCUT2D eigenvalue weighted by molar-refractivity contribution is 0.101. The summed E-state index contributed by atoms with van der Waals surface area (Å²) >= 11 is 4.37. The monoisotopic (exact) mass is 971 g/mol. The third-order valence-corrected chi connectivity index (χ3v) is 13.3. The van der Waals surface area contributed by atoms with Crippen LogP contribution in [0.2, 0.25) is 0 Å². The van der Waals surface area contributed by atoms with Gasteiger partial charge in [-0.1, -0.05) is 0 Å². The molecule has 0 unspecified atom stereocenters. The van der Waals surface area contributed by atoms with E-state index in [1.54, 1.807) is 59.3 Å². The second kappa shape index (κ2) is 23.3. The molecular formula is C47H53N15O3S3. The van der Waals surface area contributed by atoms with Crippen LogP contribution in [0.4, 0.5) is 28.4 Å². The van der Waals surface area contributed by atoms with Crippen LogP contribution in [0, 0.1) is 5.41 Å². The molecule has 21 heteroatoms. The van der Waals surface area contributed by atoms with E-state index in [1.165, 1.54) is 27.6 Å². The summed E-state index contributed by atoms with van der Waals surface area (Å²) < 4.78 is 9.02. The van der Waals surface area contributed by atoms with Gasteiger partial charge in [0, 0.05) is 105 Å². The molecule has 9 rings (SSSR count). The highest BCUT2D eigenvalue weighted by molar-refractivity contribution is 7.97. The Kier molecular flexibility index (Phi) is 16.4. The molecule has 2 fully saturated rings. The van der Waals surface area contributed by atoms with Crippen LogP contribution in [0.5, 0.6) is 5.75 Å². The SMILES string of the molecule is CN(C)Sc1ccc(NCCC(=N)c2nc(C(=O)Nc3cnccc3N3CCNCC3)cs2)cc1.COc1ccc(-n2ccc(-c3nc(C(=O)Nc4cnccc4N4CCNCC4)cs3)n2)cc1. The number of carbonyl (C=O) groups excluding carboxylic acids is 2. The van der Waals surface area contributed by atoms with Gasteiger partial charge in [0.05, 0.1) is 53.7 Å². The summed E-state index contributed by atoms with van der Waals surface area (Å²) in [5, 5.41) is 33.6. The minimum Gasteiger partial charge on any atom is -0.497 e. The van der Waals surface area contributed by atoms with Crippen LogP contribution in [0.15, 0.2) is 113 Å². The van der Waals surface area contributed by atoms with Crippen molar-refractivity contribution in [2.45, 2.75) is 11.3 Å². The summed E-state index contributed by atoms with van der Waals surface area (Å²) in [5.74, 6) is 0.227. The van der Waals surface area contributed by atoms with Gasteiger partial charge in [-0.05, 0) is 92.8 Å². The van der Waals surface area contributed by atoms with Crippen molar-refractivity contribution >= 4 is 80.6 Å². The topological polar surface area (TPSA) is 206 Å². The van der Waals surface area contributed by atoms with Crippen LogP contribution in [-0.2, 0) is 0 Å². The number of nitrogens with one attached hydrogen (secondary N) is 6. The van der Waals surface area contributed by atoms with E-state index in [9.17, 15) is 9.59 Å². The summed E-state index contributed by atoms with van der Waals surface area (Å²) in [7, 11) is 5.66. The number of nitrogens with zero attached hydrogens (tertiary/aromatic N) is 9. The number of aromatic nitrogens is 6. The number of ether oxygens (including phenoxy) is 1. The van der Waals surface area contributed by atoms with Crippen LogP contribution >= 0.6 is 34.6 Å². The number of hydrogen-bond donors (Lipinski definition) is 6. The Morgan fingerprint density at radius 1 is 0.779 bits per heavy atom. The van der Waals surface area contributed by atoms with Gasteiger partial charge in [-0.2, -0.15) is 5.10 Å². The number of thiazole rings is 2. The summed E-state index contributed by atoms with van der Waals surface area (Å²) in [6, 6.07) is 21.6. The van der Waals surface area contributed by atoms with Crippen molar-refractivity contribution in [3.63, 3.8) is 0 Å². The van der Waals surface area contributed by atoms with Crippen LogP contribution < -0.4 is 41.1 Å². The van der Waals surface area contributed by atoms with Gasteiger partial charge in [-0.3, -0.25) is 23.9 Å². The second-order valence-corrected chi connectivity index (χ2v) is 18.8. The van der Waals surface area contributed by atoms with Gasteiger partial charge in [0.2, 0.25) is 0 Å². The third kappa shape index (κ3) is 12.6. The second-order valence-electron chi connectivity index (χ2n) is 15.7. The van der Waals surface area contributed by atoms with Crippen LogP contribution in [0.1, 0.15) is 32.4 Å². The number of hydrogen-bond acceptors (Lipinski definition) is 18. The van der Waals surface area contributed by atoms with E-state index in [4.69, 9.17) is 10.1 Å². The fourth-order valence-corrected chi connectivity index (χ4v) is 9.54. The summed E-state index contributed by atoms with van der Waals surface area (Å²) in [4.78, 5) is 48.7. The van der Waals surface area contributed by atoms with Crippen molar-refractivity contribution in [1.82, 2.24) is 44.7 Å². The van der Waals surface area contributed by atoms with E-state index >= 15 is 0 Å². The summed E-state index contributed by atoms with van der Waals surface area (Å²) in [6.45, 7) is 7.75. The molecule has 352 valence electrons. The minimum absolute atomic E-state index is 0.267. The molecule has 7 heterocycles. The molecule has 0 atom stereocenters. The zero-order chi connectivity index (χ0) is 47.2. The maximum Gasteiger partial charge on any atom is 0.275 e. The van der Waals surface area contributed by atoms with Gasteiger partial charge >= 0.3 is 0 Å². The fourth-order valence-electron chi connectivity index (χ4n) is 7.31. The quantitative estimate of drug-likeness (QED) is 0.0440. The van der Waals surface area contributed by atoms with Crippen molar-refractivity contribution in [2.24, 2.45) is 0 Å². The van der Waals surface area contributed by atoms with Gasteiger partial charge < -0.3 is 46.5 Å². The molecule has 2 aliphatic heterocycles. The molecule has 2 aromatic carbocycles. The number of rotatable bonds is 16. The zero-order valence-electron chi connectivity index (χ0n) is 37.9. The maximum atomic E-state index is 12.9. The Morgan fingerprint density at radius 2 is 1.37 bits per heavy atom. The molecule has 0 saturated carbocycles. The molecule has 2 aliphatic rings. The predicted molar refractivity (Wildman–Crippen MR) is 274 cm³/mol. The number of pyridine rings is 2. The standard InChI is InChI=1S/C24H30N8OS2.C23H23N7O2S/c1-31(2)35-18-5-3-17(4-6-18)28-10-7-19(25)24-30-21(16-34-24)23(33)29-20-15-27-9-8-22(20)32-13-11-26-12-14-32;1-32-17-4-2-16(3-5-17)30-11-7-18(28-30)23-27-20(15-33-23)22(31)26-19-14-25-8-6-21(19)29-12-9-24-10-13-29/h3-6,8-9,15-16,25-26,28H,7,10-14H2,1-2H3,(H,29,33);2-8,11,14-15,24H,9-10,12-13H2,1H3,(H,26,31). The highest BCUT2D eigenvalue weighted by Gasteiger charge is 2.21. The lowest BCUT2D eigenvalue weighted by atomic mass is 10.2. The highest BCUT2D eigenvalue weighted by atomic mass is 32.2. The number of benzene rings is 2. The molecule has 6 N–H and O–H groups in total. The van der Waals surface area contributed by atoms with Gasteiger partial charge in [0.1, 0.15) is 32.8 Å². The zero-order valence-corrected chi connectivity index (χ0v) is 40.4. The Hall–Kier alpha value is -6.75. The van der Waals surface area contributed by atoms with Crippen LogP contribution in [0.3, 0.4) is 0 Å². The van der Waals surface area contributed by atoms with Crippen molar-refractivity contribution in [1.29, 1.82) is 5.41 Å². The van der Waals surface area contributed by atoms with Crippen molar-refractivity contribution < 1.29 is 14.3 Å². The predicted octanol–water partition coefficient (Wildman–Crippen LogP) is 6.70.